The van der Waals surface area contributed by atoms with E-state index in [-0.39, 0.29) is 5.31 Å². The van der Waals surface area contributed by atoms with Gasteiger partial charge in [-0.15, -0.1) is 0 Å². The zero-order valence-corrected chi connectivity index (χ0v) is 9.26. The van der Waals surface area contributed by atoms with Gasteiger partial charge in [-0.3, -0.25) is 9.55 Å². The van der Waals surface area contributed by atoms with Crippen molar-refractivity contribution in [1.82, 2.24) is 4.98 Å². The summed E-state index contributed by atoms with van der Waals surface area (Å²) in [7, 11) is -4.27. The van der Waals surface area contributed by atoms with Gasteiger partial charge < -0.3 is 9.79 Å². The van der Waals surface area contributed by atoms with Crippen LogP contribution in [0.25, 0.3) is 16.2 Å². The quantitative estimate of drug-likeness (QED) is 0.784. The van der Waals surface area contributed by atoms with E-state index in [1.165, 1.54) is 0 Å². The Kier molecular flexibility index (Phi) is 2.64. The molecule has 0 spiro atoms. The van der Waals surface area contributed by atoms with E-state index in [2.05, 4.69) is 11.6 Å². The number of rotatable bonds is 2. The van der Waals surface area contributed by atoms with E-state index in [0.717, 1.165) is 10.9 Å². The fourth-order valence-corrected chi connectivity index (χ4v) is 1.90. The molecular formula is C11H10NO3P. The predicted octanol–water partition coefficient (Wildman–Crippen LogP) is 2.38. The van der Waals surface area contributed by atoms with Crippen LogP contribution in [0.5, 0.6) is 0 Å². The minimum Gasteiger partial charge on any atom is -0.321 e. The maximum atomic E-state index is 11.0. The van der Waals surface area contributed by atoms with E-state index in [0.29, 0.717) is 5.56 Å². The second-order valence-corrected chi connectivity index (χ2v) is 5.03. The molecule has 1 aromatic carbocycles. The maximum Gasteiger partial charge on any atom is 0.356 e. The van der Waals surface area contributed by atoms with Crippen molar-refractivity contribution in [2.45, 2.75) is 0 Å². The second-order valence-electron chi connectivity index (χ2n) is 3.40. The summed E-state index contributed by atoms with van der Waals surface area (Å²) >= 11 is 0. The van der Waals surface area contributed by atoms with Crippen molar-refractivity contribution in [2.75, 3.05) is 0 Å². The van der Waals surface area contributed by atoms with Crippen molar-refractivity contribution in [2.24, 2.45) is 0 Å². The molecule has 0 saturated carbocycles. The van der Waals surface area contributed by atoms with Gasteiger partial charge in [-0.2, -0.15) is 0 Å². The average Bonchev–Trinajstić information content (AvgIpc) is 2.26. The van der Waals surface area contributed by atoms with Crippen molar-refractivity contribution >= 4 is 23.8 Å². The Hall–Kier alpha value is -1.48. The minimum absolute atomic E-state index is 0.168. The molecular weight excluding hydrogens is 225 g/mol. The van der Waals surface area contributed by atoms with Crippen LogP contribution in [-0.2, 0) is 4.57 Å². The molecule has 2 aromatic rings. The van der Waals surface area contributed by atoms with E-state index in [4.69, 9.17) is 9.79 Å². The Morgan fingerprint density at radius 1 is 1.31 bits per heavy atom. The Balaban J connectivity index is 2.56. The Morgan fingerprint density at radius 3 is 2.75 bits per heavy atom. The normalized spacial score (nSPS) is 11.6. The summed E-state index contributed by atoms with van der Waals surface area (Å²) in [4.78, 5) is 22.1. The lowest BCUT2D eigenvalue weighted by Crippen LogP contribution is -1.86. The van der Waals surface area contributed by atoms with Gasteiger partial charge >= 0.3 is 7.60 Å². The van der Waals surface area contributed by atoms with Gasteiger partial charge in [0.05, 0.1) is 10.8 Å². The number of fused-ring (bicyclic) bond motifs is 1. The van der Waals surface area contributed by atoms with Gasteiger partial charge in [-0.25, -0.2) is 0 Å². The smallest absolute Gasteiger partial charge is 0.321 e. The summed E-state index contributed by atoms with van der Waals surface area (Å²) in [6.45, 7) is 3.42. The summed E-state index contributed by atoms with van der Waals surface area (Å²) in [6, 6.07) is 8.59. The first-order chi connectivity index (χ1) is 7.48. The molecule has 1 aromatic heterocycles. The zero-order valence-electron chi connectivity index (χ0n) is 8.37. The number of benzene rings is 1. The second kappa shape index (κ2) is 3.83. The van der Waals surface area contributed by atoms with Crippen LogP contribution in [0.15, 0.2) is 43.1 Å². The highest BCUT2D eigenvalue weighted by Gasteiger charge is 2.20. The summed E-state index contributed by atoms with van der Waals surface area (Å²) in [5.74, 6) is 0. The van der Waals surface area contributed by atoms with Gasteiger partial charge in [0.25, 0.3) is 0 Å². The van der Waals surface area contributed by atoms with Crippen molar-refractivity contribution in [1.29, 1.82) is 0 Å². The molecule has 5 heteroatoms. The first-order valence-electron chi connectivity index (χ1n) is 4.58. The average molecular weight is 235 g/mol. The van der Waals surface area contributed by atoms with E-state index < -0.39 is 7.60 Å². The topological polar surface area (TPSA) is 70.4 Å². The first kappa shape index (κ1) is 11.0. The molecule has 0 aliphatic carbocycles. The van der Waals surface area contributed by atoms with Gasteiger partial charge in [0, 0.05) is 11.6 Å². The minimum atomic E-state index is -4.27. The fraction of sp³-hybridized carbons (Fsp3) is 0. The van der Waals surface area contributed by atoms with Crippen molar-refractivity contribution in [3.8, 4) is 0 Å². The van der Waals surface area contributed by atoms with E-state index in [1.807, 2.05) is 6.07 Å². The standard InChI is InChI=1S/C11H10NO3P/c1-8(16(13,14)15)9-4-5-11-10(7-9)3-2-6-12-11/h2-7H,1H2,(H2,13,14,15). The molecule has 0 aliphatic heterocycles. The third-order valence-corrected chi connectivity index (χ3v) is 3.25. The Morgan fingerprint density at radius 2 is 2.06 bits per heavy atom. The lowest BCUT2D eigenvalue weighted by atomic mass is 10.1. The molecule has 0 atom stereocenters. The molecule has 0 unspecified atom stereocenters. The number of hydrogen-bond acceptors (Lipinski definition) is 2. The molecule has 0 aliphatic rings. The van der Waals surface area contributed by atoms with E-state index >= 15 is 0 Å². The molecule has 4 nitrogen and oxygen atoms in total. The van der Waals surface area contributed by atoms with Crippen molar-refractivity contribution in [3.05, 3.63) is 48.7 Å². The molecule has 2 rings (SSSR count). The molecule has 82 valence electrons. The van der Waals surface area contributed by atoms with Crippen LogP contribution in [0.4, 0.5) is 0 Å². The third kappa shape index (κ3) is 2.04. The molecule has 0 bridgehead atoms. The number of aromatic nitrogens is 1. The molecule has 2 N–H and O–H groups in total. The predicted molar refractivity (Wildman–Crippen MR) is 62.8 cm³/mol. The summed E-state index contributed by atoms with van der Waals surface area (Å²) in [5, 5.41) is 0.660. The van der Waals surface area contributed by atoms with Gasteiger partial charge in [0.2, 0.25) is 0 Å². The van der Waals surface area contributed by atoms with Crippen LogP contribution >= 0.6 is 7.60 Å². The largest absolute Gasteiger partial charge is 0.356 e. The fourth-order valence-electron chi connectivity index (χ4n) is 1.42. The van der Waals surface area contributed by atoms with Crippen LogP contribution in [0.1, 0.15) is 5.56 Å². The van der Waals surface area contributed by atoms with Crippen molar-refractivity contribution in [3.63, 3.8) is 0 Å². The van der Waals surface area contributed by atoms with Gasteiger partial charge in [-0.05, 0) is 23.8 Å². The highest BCUT2D eigenvalue weighted by Crippen LogP contribution is 2.49. The summed E-state index contributed by atoms with van der Waals surface area (Å²) in [5.41, 5.74) is 1.22. The monoisotopic (exact) mass is 235 g/mol. The number of nitrogens with zero attached hydrogens (tertiary/aromatic N) is 1. The maximum absolute atomic E-state index is 11.0. The molecule has 0 fully saturated rings. The Bertz CT molecular complexity index is 603. The van der Waals surface area contributed by atoms with Crippen LogP contribution in [0.3, 0.4) is 0 Å². The summed E-state index contributed by atoms with van der Waals surface area (Å²) in [6.07, 6.45) is 1.67. The van der Waals surface area contributed by atoms with Gasteiger partial charge in [0.15, 0.2) is 0 Å². The van der Waals surface area contributed by atoms with Gasteiger partial charge in [-0.1, -0.05) is 18.7 Å². The van der Waals surface area contributed by atoms with Crippen LogP contribution in [0.2, 0.25) is 0 Å². The van der Waals surface area contributed by atoms with Gasteiger partial charge in [0.1, 0.15) is 0 Å². The number of hydrogen-bond donors (Lipinski definition) is 2. The van der Waals surface area contributed by atoms with Crippen LogP contribution in [0, 0.1) is 0 Å². The van der Waals surface area contributed by atoms with Crippen molar-refractivity contribution < 1.29 is 14.4 Å². The zero-order chi connectivity index (χ0) is 11.8. The first-order valence-corrected chi connectivity index (χ1v) is 6.20. The van der Waals surface area contributed by atoms with Crippen LogP contribution < -0.4 is 0 Å². The molecule has 1 heterocycles. The SMILES string of the molecule is C=C(c1ccc2ncccc2c1)P(=O)(O)O. The van der Waals surface area contributed by atoms with Crippen LogP contribution in [-0.4, -0.2) is 14.8 Å². The molecule has 16 heavy (non-hydrogen) atoms. The third-order valence-electron chi connectivity index (χ3n) is 2.29. The summed E-state index contributed by atoms with van der Waals surface area (Å²) < 4.78 is 11.0. The Labute approximate surface area is 92.4 Å². The van der Waals surface area contributed by atoms with E-state index in [1.54, 1.807) is 30.5 Å². The lowest BCUT2D eigenvalue weighted by molar-refractivity contribution is 0.388. The number of pyridine rings is 1. The lowest BCUT2D eigenvalue weighted by Gasteiger charge is -2.08. The van der Waals surface area contributed by atoms with E-state index in [9.17, 15) is 4.57 Å². The molecule has 0 radical (unpaired) electrons. The highest BCUT2D eigenvalue weighted by molar-refractivity contribution is 7.63. The molecule has 0 saturated heterocycles. The molecule has 0 amide bonds. The highest BCUT2D eigenvalue weighted by atomic mass is 31.2.